The van der Waals surface area contributed by atoms with Crippen molar-refractivity contribution in [2.75, 3.05) is 13.2 Å². The van der Waals surface area contributed by atoms with Gasteiger partial charge in [-0.25, -0.2) is 0 Å². The minimum atomic E-state index is -1.24. The predicted molar refractivity (Wildman–Crippen MR) is 68.2 cm³/mol. The van der Waals surface area contributed by atoms with Crippen LogP contribution in [0.25, 0.3) is 0 Å². The van der Waals surface area contributed by atoms with Crippen molar-refractivity contribution in [3.63, 3.8) is 0 Å². The molecule has 0 amide bonds. The van der Waals surface area contributed by atoms with Crippen molar-refractivity contribution in [1.29, 1.82) is 0 Å². The molecule has 0 saturated heterocycles. The number of ketones is 1. The van der Waals surface area contributed by atoms with Gasteiger partial charge in [-0.15, -0.1) is 0 Å². The molecule has 0 bridgehead atoms. The highest BCUT2D eigenvalue weighted by Crippen LogP contribution is 2.55. The summed E-state index contributed by atoms with van der Waals surface area (Å²) < 4.78 is 9.88. The van der Waals surface area contributed by atoms with Crippen molar-refractivity contribution in [2.45, 2.75) is 33.6 Å². The molecule has 1 unspecified atom stereocenters. The molecule has 1 fully saturated rings. The molecule has 0 aromatic rings. The topological polar surface area (TPSA) is 69.7 Å². The number of hydrogen-bond acceptors (Lipinski definition) is 5. The molecule has 0 N–H and O–H groups in total. The van der Waals surface area contributed by atoms with Crippen molar-refractivity contribution < 1.29 is 23.9 Å². The van der Waals surface area contributed by atoms with Gasteiger partial charge < -0.3 is 9.47 Å². The zero-order valence-corrected chi connectivity index (χ0v) is 11.6. The normalized spacial score (nSPS) is 20.1. The van der Waals surface area contributed by atoms with Gasteiger partial charge in [-0.3, -0.25) is 14.4 Å². The molecule has 1 rings (SSSR count). The summed E-state index contributed by atoms with van der Waals surface area (Å²) in [5.74, 6) is -1.46. The molecule has 5 nitrogen and oxygen atoms in total. The van der Waals surface area contributed by atoms with E-state index in [-0.39, 0.29) is 24.9 Å². The molecule has 0 aromatic carbocycles. The second-order valence-corrected chi connectivity index (χ2v) is 4.40. The van der Waals surface area contributed by atoms with Crippen LogP contribution in [0, 0.1) is 11.3 Å². The molecular formula is C14H20O5. The maximum Gasteiger partial charge on any atom is 0.324 e. The number of ether oxygens (including phenoxy) is 2. The quantitative estimate of drug-likeness (QED) is 0.399. The molecular weight excluding hydrogens is 248 g/mol. The zero-order chi connectivity index (χ0) is 14.5. The third kappa shape index (κ3) is 3.22. The molecule has 1 saturated carbocycles. The van der Waals surface area contributed by atoms with Crippen LogP contribution in [0.5, 0.6) is 0 Å². The van der Waals surface area contributed by atoms with Crippen molar-refractivity contribution in [2.24, 2.45) is 11.3 Å². The number of rotatable bonds is 7. The van der Waals surface area contributed by atoms with E-state index in [9.17, 15) is 14.4 Å². The Morgan fingerprint density at radius 1 is 1.11 bits per heavy atom. The smallest absolute Gasteiger partial charge is 0.324 e. The van der Waals surface area contributed by atoms with E-state index in [1.54, 1.807) is 26.8 Å². The van der Waals surface area contributed by atoms with Crippen LogP contribution in [0.3, 0.4) is 0 Å². The lowest BCUT2D eigenvalue weighted by Gasteiger charge is -2.13. The van der Waals surface area contributed by atoms with E-state index in [1.807, 2.05) is 0 Å². The minimum absolute atomic E-state index is 0.0338. The summed E-state index contributed by atoms with van der Waals surface area (Å²) in [6.07, 6.45) is 3.78. The lowest BCUT2D eigenvalue weighted by Crippen LogP contribution is -2.31. The van der Waals surface area contributed by atoms with Gasteiger partial charge in [-0.1, -0.05) is 13.0 Å². The second kappa shape index (κ2) is 6.50. The van der Waals surface area contributed by atoms with E-state index in [0.717, 1.165) is 0 Å². The molecule has 0 aromatic heterocycles. The first-order chi connectivity index (χ1) is 9.02. The van der Waals surface area contributed by atoms with E-state index in [1.165, 1.54) is 6.08 Å². The van der Waals surface area contributed by atoms with Crippen LogP contribution in [0.1, 0.15) is 33.6 Å². The van der Waals surface area contributed by atoms with Gasteiger partial charge in [0.1, 0.15) is 0 Å². The SMILES string of the molecule is CCOC(=O)C1(C(=O)OCC)CC1/C=C/C(=O)CC. The van der Waals surface area contributed by atoms with Crippen LogP contribution in [0.15, 0.2) is 12.2 Å². The maximum absolute atomic E-state index is 11.9. The summed E-state index contributed by atoms with van der Waals surface area (Å²) in [6, 6.07) is 0. The first-order valence-electron chi connectivity index (χ1n) is 6.58. The Balaban J connectivity index is 2.81. The Morgan fingerprint density at radius 2 is 1.63 bits per heavy atom. The number of allylic oxidation sites excluding steroid dienone is 2. The van der Waals surface area contributed by atoms with Crippen LogP contribution >= 0.6 is 0 Å². The number of carbonyl (C=O) groups is 3. The molecule has 1 atom stereocenters. The highest BCUT2D eigenvalue weighted by atomic mass is 16.6. The van der Waals surface area contributed by atoms with E-state index in [4.69, 9.17) is 9.47 Å². The zero-order valence-electron chi connectivity index (χ0n) is 11.6. The largest absolute Gasteiger partial charge is 0.465 e. The maximum atomic E-state index is 11.9. The molecule has 0 spiro atoms. The number of hydrogen-bond donors (Lipinski definition) is 0. The second-order valence-electron chi connectivity index (χ2n) is 4.40. The summed E-state index contributed by atoms with van der Waals surface area (Å²) in [7, 11) is 0. The van der Waals surface area contributed by atoms with Gasteiger partial charge in [0.15, 0.2) is 11.2 Å². The van der Waals surface area contributed by atoms with E-state index in [2.05, 4.69) is 0 Å². The summed E-state index contributed by atoms with van der Waals surface area (Å²) in [4.78, 5) is 35.1. The Bertz CT molecular complexity index is 379. The predicted octanol–water partition coefficient (Wildman–Crippen LogP) is 1.65. The average molecular weight is 268 g/mol. The summed E-state index contributed by atoms with van der Waals surface area (Å²) in [5.41, 5.74) is -1.24. The Hall–Kier alpha value is -1.65. The third-order valence-electron chi connectivity index (χ3n) is 3.16. The molecule has 5 heteroatoms. The Kier molecular flexibility index (Phi) is 5.27. The number of esters is 2. The van der Waals surface area contributed by atoms with E-state index >= 15 is 0 Å². The summed E-state index contributed by atoms with van der Waals surface area (Å²) in [6.45, 7) is 5.55. The van der Waals surface area contributed by atoms with Crippen LogP contribution in [0.4, 0.5) is 0 Å². The van der Waals surface area contributed by atoms with Gasteiger partial charge >= 0.3 is 11.9 Å². The highest BCUT2D eigenvalue weighted by Gasteiger charge is 2.67. The fraction of sp³-hybridized carbons (Fsp3) is 0.643. The van der Waals surface area contributed by atoms with Crippen molar-refractivity contribution >= 4 is 17.7 Å². The van der Waals surface area contributed by atoms with Crippen LogP contribution in [-0.4, -0.2) is 30.9 Å². The van der Waals surface area contributed by atoms with Crippen molar-refractivity contribution in [1.82, 2.24) is 0 Å². The molecule has 0 radical (unpaired) electrons. The van der Waals surface area contributed by atoms with Crippen LogP contribution in [-0.2, 0) is 23.9 Å². The lowest BCUT2D eigenvalue weighted by molar-refractivity contribution is -0.164. The standard InChI is InChI=1S/C14H20O5/c1-4-11(15)8-7-10-9-14(10,12(16)18-5-2)13(17)19-6-3/h7-8,10H,4-6,9H2,1-3H3/b8-7+. The fourth-order valence-corrected chi connectivity index (χ4v) is 1.93. The van der Waals surface area contributed by atoms with Crippen molar-refractivity contribution in [3.8, 4) is 0 Å². The molecule has 1 aliphatic carbocycles. The number of carbonyl (C=O) groups excluding carboxylic acids is 3. The van der Waals surface area contributed by atoms with Gasteiger partial charge in [-0.2, -0.15) is 0 Å². The first-order valence-corrected chi connectivity index (χ1v) is 6.58. The minimum Gasteiger partial charge on any atom is -0.465 e. The molecule has 1 aliphatic rings. The van der Waals surface area contributed by atoms with E-state index in [0.29, 0.717) is 12.8 Å². The van der Waals surface area contributed by atoms with Crippen LogP contribution < -0.4 is 0 Å². The Labute approximate surface area is 112 Å². The first kappa shape index (κ1) is 15.4. The van der Waals surface area contributed by atoms with Gasteiger partial charge in [0.05, 0.1) is 13.2 Å². The van der Waals surface area contributed by atoms with Gasteiger partial charge in [0.25, 0.3) is 0 Å². The third-order valence-corrected chi connectivity index (χ3v) is 3.16. The fourth-order valence-electron chi connectivity index (χ4n) is 1.93. The molecule has 19 heavy (non-hydrogen) atoms. The van der Waals surface area contributed by atoms with Crippen molar-refractivity contribution in [3.05, 3.63) is 12.2 Å². The average Bonchev–Trinajstić information content (AvgIpc) is 3.12. The van der Waals surface area contributed by atoms with Gasteiger partial charge in [0.2, 0.25) is 0 Å². The summed E-state index contributed by atoms with van der Waals surface area (Å²) in [5, 5.41) is 0. The monoisotopic (exact) mass is 268 g/mol. The van der Waals surface area contributed by atoms with Gasteiger partial charge in [-0.05, 0) is 26.3 Å². The molecule has 0 heterocycles. The summed E-state index contributed by atoms with van der Waals surface area (Å²) >= 11 is 0. The Morgan fingerprint density at radius 3 is 2.05 bits per heavy atom. The highest BCUT2D eigenvalue weighted by molar-refractivity contribution is 6.04. The molecule has 106 valence electrons. The van der Waals surface area contributed by atoms with Crippen LogP contribution in [0.2, 0.25) is 0 Å². The molecule has 0 aliphatic heterocycles. The van der Waals surface area contributed by atoms with E-state index < -0.39 is 17.4 Å². The lowest BCUT2D eigenvalue weighted by atomic mass is 10.0. The van der Waals surface area contributed by atoms with Gasteiger partial charge in [0, 0.05) is 12.3 Å².